The van der Waals surface area contributed by atoms with Crippen molar-refractivity contribution < 1.29 is 18.0 Å². The SMILES string of the molecule is CC(C)NCCCNC(=O)C(F)(F)F. The van der Waals surface area contributed by atoms with Gasteiger partial charge in [0.15, 0.2) is 0 Å². The molecule has 0 heterocycles. The van der Waals surface area contributed by atoms with Crippen molar-refractivity contribution in [3.63, 3.8) is 0 Å². The summed E-state index contributed by atoms with van der Waals surface area (Å²) < 4.78 is 35.0. The lowest BCUT2D eigenvalue weighted by Gasteiger charge is -2.09. The van der Waals surface area contributed by atoms with Crippen LogP contribution in [-0.4, -0.2) is 31.2 Å². The van der Waals surface area contributed by atoms with Crippen LogP contribution in [-0.2, 0) is 4.79 Å². The van der Waals surface area contributed by atoms with Gasteiger partial charge in [-0.05, 0) is 13.0 Å². The minimum absolute atomic E-state index is 0.0397. The predicted molar refractivity (Wildman–Crippen MR) is 46.8 cm³/mol. The van der Waals surface area contributed by atoms with Crippen molar-refractivity contribution in [2.24, 2.45) is 0 Å². The Labute approximate surface area is 81.1 Å². The topological polar surface area (TPSA) is 41.1 Å². The molecule has 0 spiro atoms. The molecule has 0 fully saturated rings. The molecule has 0 aromatic carbocycles. The number of halogens is 3. The van der Waals surface area contributed by atoms with Crippen molar-refractivity contribution in [1.29, 1.82) is 0 Å². The van der Waals surface area contributed by atoms with E-state index in [0.717, 1.165) is 0 Å². The van der Waals surface area contributed by atoms with Gasteiger partial charge in [-0.15, -0.1) is 0 Å². The predicted octanol–water partition coefficient (Wildman–Crippen LogP) is 1.05. The maximum atomic E-state index is 11.7. The maximum Gasteiger partial charge on any atom is 0.471 e. The molecule has 0 aliphatic rings. The zero-order valence-corrected chi connectivity index (χ0v) is 8.24. The molecule has 0 saturated heterocycles. The lowest BCUT2D eigenvalue weighted by atomic mass is 10.3. The largest absolute Gasteiger partial charge is 0.471 e. The summed E-state index contributed by atoms with van der Waals surface area (Å²) in [6.45, 7) is 4.51. The maximum absolute atomic E-state index is 11.7. The van der Waals surface area contributed by atoms with E-state index < -0.39 is 12.1 Å². The van der Waals surface area contributed by atoms with Crippen LogP contribution in [0.2, 0.25) is 0 Å². The van der Waals surface area contributed by atoms with Crippen LogP contribution in [0.1, 0.15) is 20.3 Å². The third-order valence-electron chi connectivity index (χ3n) is 1.45. The molecule has 14 heavy (non-hydrogen) atoms. The van der Waals surface area contributed by atoms with Gasteiger partial charge in [0.2, 0.25) is 0 Å². The van der Waals surface area contributed by atoms with Gasteiger partial charge < -0.3 is 10.6 Å². The molecule has 6 heteroatoms. The van der Waals surface area contributed by atoms with Gasteiger partial charge >= 0.3 is 12.1 Å². The van der Waals surface area contributed by atoms with E-state index in [1.165, 1.54) is 0 Å². The van der Waals surface area contributed by atoms with Gasteiger partial charge in [0.1, 0.15) is 0 Å². The van der Waals surface area contributed by atoms with Crippen molar-refractivity contribution in [1.82, 2.24) is 10.6 Å². The molecular weight excluding hydrogens is 197 g/mol. The van der Waals surface area contributed by atoms with E-state index in [9.17, 15) is 18.0 Å². The summed E-state index contributed by atoms with van der Waals surface area (Å²) in [4.78, 5) is 10.3. The molecule has 0 saturated carbocycles. The van der Waals surface area contributed by atoms with Gasteiger partial charge in [0, 0.05) is 12.6 Å². The molecule has 0 radical (unpaired) electrons. The first kappa shape index (κ1) is 13.2. The molecule has 0 aliphatic carbocycles. The minimum Gasteiger partial charge on any atom is -0.348 e. The molecule has 3 nitrogen and oxygen atoms in total. The molecule has 2 N–H and O–H groups in total. The van der Waals surface area contributed by atoms with Crippen LogP contribution in [0, 0.1) is 0 Å². The van der Waals surface area contributed by atoms with Crippen LogP contribution < -0.4 is 10.6 Å². The number of hydrogen-bond donors (Lipinski definition) is 2. The Morgan fingerprint density at radius 2 is 1.86 bits per heavy atom. The second-order valence-corrected chi connectivity index (χ2v) is 3.22. The molecule has 0 bridgehead atoms. The second-order valence-electron chi connectivity index (χ2n) is 3.22. The van der Waals surface area contributed by atoms with Gasteiger partial charge in [-0.25, -0.2) is 0 Å². The Hall–Kier alpha value is -0.780. The quantitative estimate of drug-likeness (QED) is 0.669. The highest BCUT2D eigenvalue weighted by Gasteiger charge is 2.38. The zero-order chi connectivity index (χ0) is 11.2. The van der Waals surface area contributed by atoms with Crippen molar-refractivity contribution in [2.75, 3.05) is 13.1 Å². The molecule has 0 aromatic rings. The second kappa shape index (κ2) is 5.85. The van der Waals surface area contributed by atoms with E-state index in [1.807, 2.05) is 13.8 Å². The monoisotopic (exact) mass is 212 g/mol. The number of hydrogen-bond acceptors (Lipinski definition) is 2. The number of rotatable bonds is 5. The minimum atomic E-state index is -4.77. The number of carbonyl (C=O) groups excluding carboxylic acids is 1. The summed E-state index contributed by atoms with van der Waals surface area (Å²) in [5.74, 6) is -1.87. The number of nitrogens with one attached hydrogen (secondary N) is 2. The van der Waals surface area contributed by atoms with Gasteiger partial charge in [-0.1, -0.05) is 13.8 Å². The summed E-state index contributed by atoms with van der Waals surface area (Å²) in [7, 11) is 0. The highest BCUT2D eigenvalue weighted by atomic mass is 19.4. The van der Waals surface area contributed by atoms with Crippen molar-refractivity contribution in [3.05, 3.63) is 0 Å². The fourth-order valence-corrected chi connectivity index (χ4v) is 0.781. The average Bonchev–Trinajstić information content (AvgIpc) is 2.01. The summed E-state index contributed by atoms with van der Waals surface area (Å²) in [6, 6.07) is 0.299. The van der Waals surface area contributed by atoms with E-state index in [-0.39, 0.29) is 6.54 Å². The van der Waals surface area contributed by atoms with E-state index in [1.54, 1.807) is 5.32 Å². The Kier molecular flexibility index (Phi) is 5.52. The fraction of sp³-hybridized carbons (Fsp3) is 0.875. The van der Waals surface area contributed by atoms with Gasteiger partial charge in [0.25, 0.3) is 0 Å². The van der Waals surface area contributed by atoms with Gasteiger partial charge in [0.05, 0.1) is 0 Å². The standard InChI is InChI=1S/C8H15F3N2O/c1-6(2)12-4-3-5-13-7(14)8(9,10)11/h6,12H,3-5H2,1-2H3,(H,13,14). The highest BCUT2D eigenvalue weighted by molar-refractivity contribution is 5.81. The molecule has 1 amide bonds. The van der Waals surface area contributed by atoms with Crippen molar-refractivity contribution in [2.45, 2.75) is 32.5 Å². The van der Waals surface area contributed by atoms with Crippen LogP contribution in [0.4, 0.5) is 13.2 Å². The Bertz CT molecular complexity index is 180. The molecule has 0 aliphatic heterocycles. The van der Waals surface area contributed by atoms with Crippen LogP contribution in [0.25, 0.3) is 0 Å². The van der Waals surface area contributed by atoms with Crippen LogP contribution in [0.15, 0.2) is 0 Å². The molecule has 84 valence electrons. The summed E-state index contributed by atoms with van der Waals surface area (Å²) in [6.07, 6.45) is -4.29. The first-order chi connectivity index (χ1) is 6.34. The van der Waals surface area contributed by atoms with Crippen molar-refractivity contribution in [3.8, 4) is 0 Å². The smallest absolute Gasteiger partial charge is 0.348 e. The summed E-state index contributed by atoms with van der Waals surface area (Å²) in [5, 5.41) is 4.82. The van der Waals surface area contributed by atoms with Gasteiger partial charge in [-0.2, -0.15) is 13.2 Å². The van der Waals surface area contributed by atoms with Crippen LogP contribution in [0.5, 0.6) is 0 Å². The molecule has 0 aromatic heterocycles. The number of carbonyl (C=O) groups is 1. The normalized spacial score (nSPS) is 11.9. The van der Waals surface area contributed by atoms with E-state index in [0.29, 0.717) is 19.0 Å². The lowest BCUT2D eigenvalue weighted by Crippen LogP contribution is -2.38. The molecular formula is C8H15F3N2O. The Morgan fingerprint density at radius 1 is 1.29 bits per heavy atom. The third kappa shape index (κ3) is 6.71. The Morgan fingerprint density at radius 3 is 2.29 bits per heavy atom. The third-order valence-corrected chi connectivity index (χ3v) is 1.45. The first-order valence-electron chi connectivity index (χ1n) is 4.42. The average molecular weight is 212 g/mol. The molecule has 0 atom stereocenters. The van der Waals surface area contributed by atoms with Crippen LogP contribution in [0.3, 0.4) is 0 Å². The van der Waals surface area contributed by atoms with Gasteiger partial charge in [-0.3, -0.25) is 4.79 Å². The number of amides is 1. The van der Waals surface area contributed by atoms with Crippen molar-refractivity contribution >= 4 is 5.91 Å². The summed E-state index contributed by atoms with van der Waals surface area (Å²) in [5.41, 5.74) is 0. The number of alkyl halides is 3. The highest BCUT2D eigenvalue weighted by Crippen LogP contribution is 2.13. The first-order valence-corrected chi connectivity index (χ1v) is 4.42. The Balaban J connectivity index is 3.42. The fourth-order valence-electron chi connectivity index (χ4n) is 0.781. The van der Waals surface area contributed by atoms with E-state index >= 15 is 0 Å². The lowest BCUT2D eigenvalue weighted by molar-refractivity contribution is -0.173. The van der Waals surface area contributed by atoms with E-state index in [4.69, 9.17) is 0 Å². The zero-order valence-electron chi connectivity index (χ0n) is 8.24. The molecule has 0 unspecified atom stereocenters. The summed E-state index contributed by atoms with van der Waals surface area (Å²) >= 11 is 0. The van der Waals surface area contributed by atoms with Crippen LogP contribution >= 0.6 is 0 Å². The van der Waals surface area contributed by atoms with E-state index in [2.05, 4.69) is 5.32 Å². The molecule has 0 rings (SSSR count).